The third kappa shape index (κ3) is 1.97. The Morgan fingerprint density at radius 1 is 1.33 bits per heavy atom. The van der Waals surface area contributed by atoms with Gasteiger partial charge in [0.05, 0.1) is 0 Å². The molecule has 0 radical (unpaired) electrons. The molecule has 0 fully saturated rings. The minimum atomic E-state index is -4.31. The van der Waals surface area contributed by atoms with Gasteiger partial charge in [0.2, 0.25) is 0 Å². The van der Waals surface area contributed by atoms with Crippen LogP contribution in [0.4, 0.5) is 19.0 Å². The number of nitrogens with two attached hydrogens (primary N) is 1. The molecule has 0 saturated heterocycles. The highest BCUT2D eigenvalue weighted by Crippen LogP contribution is 2.21. The molecule has 80 valence electrons. The lowest BCUT2D eigenvalue weighted by atomic mass is 10.4. The van der Waals surface area contributed by atoms with Crippen molar-refractivity contribution in [3.05, 3.63) is 12.2 Å². The number of hydrogen-bond acceptors (Lipinski definition) is 4. The number of nitrogen functional groups attached to an aromatic ring is 1. The van der Waals surface area contributed by atoms with Crippen molar-refractivity contribution in [1.82, 2.24) is 19.9 Å². The molecule has 15 heavy (non-hydrogen) atoms. The zero-order chi connectivity index (χ0) is 11.1. The van der Waals surface area contributed by atoms with Crippen LogP contribution in [0.2, 0.25) is 0 Å². The summed E-state index contributed by atoms with van der Waals surface area (Å²) in [5, 5.41) is 0. The molecule has 3 N–H and O–H groups in total. The lowest BCUT2D eigenvalue weighted by Crippen LogP contribution is -2.12. The van der Waals surface area contributed by atoms with Gasteiger partial charge in [0.15, 0.2) is 11.5 Å². The predicted octanol–water partition coefficient (Wildman–Crippen LogP) is 1.04. The number of imidazole rings is 1. The van der Waals surface area contributed by atoms with Gasteiger partial charge in [-0.1, -0.05) is 0 Å². The number of H-pyrrole nitrogens is 1. The van der Waals surface area contributed by atoms with E-state index in [1.165, 1.54) is 0 Å². The van der Waals surface area contributed by atoms with Gasteiger partial charge in [0.25, 0.3) is 0 Å². The minimum absolute atomic E-state index is 0.0842. The van der Waals surface area contributed by atoms with Crippen molar-refractivity contribution in [3.8, 4) is 0 Å². The van der Waals surface area contributed by atoms with Gasteiger partial charge in [-0.3, -0.25) is 0 Å². The zero-order valence-electron chi connectivity index (χ0n) is 7.34. The molecule has 5 nitrogen and oxygen atoms in total. The number of aromatic nitrogens is 4. The van der Waals surface area contributed by atoms with Crippen LogP contribution < -0.4 is 5.73 Å². The molecule has 2 rings (SSSR count). The molecule has 0 unspecified atom stereocenters. The molecule has 0 bridgehead atoms. The smallest absolute Gasteiger partial charge is 0.382 e. The fourth-order valence-corrected chi connectivity index (χ4v) is 1.17. The SMILES string of the molecule is Nc1ncnc2nc(CC(F)(F)F)[nH]c12. The van der Waals surface area contributed by atoms with E-state index in [2.05, 4.69) is 19.9 Å². The topological polar surface area (TPSA) is 80.5 Å². The van der Waals surface area contributed by atoms with Gasteiger partial charge in [-0.2, -0.15) is 13.2 Å². The fraction of sp³-hybridized carbons (Fsp3) is 0.286. The molecule has 0 aliphatic carbocycles. The third-order valence-electron chi connectivity index (χ3n) is 1.73. The number of fused-ring (bicyclic) bond motifs is 1. The summed E-state index contributed by atoms with van der Waals surface area (Å²) in [5.41, 5.74) is 5.80. The van der Waals surface area contributed by atoms with Crippen LogP contribution in [-0.2, 0) is 6.42 Å². The molecule has 0 saturated carbocycles. The molecule has 0 aliphatic rings. The molecule has 2 aromatic rings. The lowest BCUT2D eigenvalue weighted by Gasteiger charge is -2.01. The number of anilines is 1. The molecule has 0 aliphatic heterocycles. The largest absolute Gasteiger partial charge is 0.396 e. The molecular weight excluding hydrogens is 211 g/mol. The summed E-state index contributed by atoms with van der Waals surface area (Å²) in [4.78, 5) is 13.4. The highest BCUT2D eigenvalue weighted by atomic mass is 19.4. The first-order valence-corrected chi connectivity index (χ1v) is 3.97. The Bertz CT molecular complexity index is 489. The van der Waals surface area contributed by atoms with Crippen molar-refractivity contribution >= 4 is 17.0 Å². The molecule has 2 aromatic heterocycles. The van der Waals surface area contributed by atoms with E-state index in [1.54, 1.807) is 0 Å². The number of rotatable bonds is 1. The van der Waals surface area contributed by atoms with E-state index in [0.717, 1.165) is 6.33 Å². The van der Waals surface area contributed by atoms with Crippen LogP contribution in [0.5, 0.6) is 0 Å². The van der Waals surface area contributed by atoms with Gasteiger partial charge in [-0.05, 0) is 0 Å². The minimum Gasteiger partial charge on any atom is -0.382 e. The number of aromatic amines is 1. The van der Waals surface area contributed by atoms with Crippen molar-refractivity contribution < 1.29 is 13.2 Å². The molecule has 8 heteroatoms. The Morgan fingerprint density at radius 3 is 2.67 bits per heavy atom. The summed E-state index contributed by atoms with van der Waals surface area (Å²) in [6.45, 7) is 0. The Labute approximate surface area is 81.5 Å². The highest BCUT2D eigenvalue weighted by molar-refractivity contribution is 5.80. The van der Waals surface area contributed by atoms with E-state index >= 15 is 0 Å². The Morgan fingerprint density at radius 2 is 2.07 bits per heavy atom. The molecule has 0 amide bonds. The second-order valence-corrected chi connectivity index (χ2v) is 2.93. The van der Waals surface area contributed by atoms with Gasteiger partial charge in [0, 0.05) is 0 Å². The molecule has 0 spiro atoms. The molecule has 0 atom stereocenters. The quantitative estimate of drug-likeness (QED) is 0.747. The van der Waals surface area contributed by atoms with Crippen LogP contribution >= 0.6 is 0 Å². The summed E-state index contributed by atoms with van der Waals surface area (Å²) in [6, 6.07) is 0. The number of nitrogens with zero attached hydrogens (tertiary/aromatic N) is 3. The normalized spacial score (nSPS) is 12.2. The third-order valence-corrected chi connectivity index (χ3v) is 1.73. The maximum absolute atomic E-state index is 12.0. The van der Waals surface area contributed by atoms with E-state index in [9.17, 15) is 13.2 Å². The number of alkyl halides is 3. The average molecular weight is 217 g/mol. The first-order chi connectivity index (χ1) is 6.96. The number of halogens is 3. The van der Waals surface area contributed by atoms with Crippen LogP contribution in [-0.4, -0.2) is 26.1 Å². The van der Waals surface area contributed by atoms with Crippen molar-refractivity contribution in [2.75, 3.05) is 5.73 Å². The van der Waals surface area contributed by atoms with Crippen LogP contribution in [0, 0.1) is 0 Å². The maximum atomic E-state index is 12.0. The summed E-state index contributed by atoms with van der Waals surface area (Å²) in [5.74, 6) is -0.134. The van der Waals surface area contributed by atoms with Crippen LogP contribution in [0.1, 0.15) is 5.82 Å². The van der Waals surface area contributed by atoms with E-state index < -0.39 is 12.6 Å². The molecule has 2 heterocycles. The Balaban J connectivity index is 2.44. The summed E-state index contributed by atoms with van der Waals surface area (Å²) in [7, 11) is 0. The van der Waals surface area contributed by atoms with E-state index in [-0.39, 0.29) is 22.8 Å². The van der Waals surface area contributed by atoms with E-state index in [1.807, 2.05) is 0 Å². The average Bonchev–Trinajstić information content (AvgIpc) is 2.45. The Hall–Kier alpha value is -1.86. The van der Waals surface area contributed by atoms with Gasteiger partial charge >= 0.3 is 6.18 Å². The fourth-order valence-electron chi connectivity index (χ4n) is 1.17. The van der Waals surface area contributed by atoms with E-state index in [0.29, 0.717) is 0 Å². The number of hydrogen-bond donors (Lipinski definition) is 2. The Kier molecular flexibility index (Phi) is 1.98. The van der Waals surface area contributed by atoms with Gasteiger partial charge in [0.1, 0.15) is 24.1 Å². The number of nitrogens with one attached hydrogen (secondary N) is 1. The summed E-state index contributed by atoms with van der Waals surface area (Å²) in [6.07, 6.45) is -4.30. The maximum Gasteiger partial charge on any atom is 0.396 e. The standard InChI is InChI=1S/C7H6F3N5/c8-7(9,10)1-3-14-4-5(11)12-2-13-6(4)15-3/h2H,1H2,(H3,11,12,13,14,15). The van der Waals surface area contributed by atoms with Gasteiger partial charge in [-0.25, -0.2) is 15.0 Å². The van der Waals surface area contributed by atoms with Crippen molar-refractivity contribution in [3.63, 3.8) is 0 Å². The van der Waals surface area contributed by atoms with Crippen LogP contribution in [0.25, 0.3) is 11.2 Å². The van der Waals surface area contributed by atoms with Crippen molar-refractivity contribution in [2.24, 2.45) is 0 Å². The van der Waals surface area contributed by atoms with Crippen LogP contribution in [0.3, 0.4) is 0 Å². The predicted molar refractivity (Wildman–Crippen MR) is 45.9 cm³/mol. The first kappa shape index (κ1) is 9.69. The zero-order valence-corrected chi connectivity index (χ0v) is 7.34. The monoisotopic (exact) mass is 217 g/mol. The summed E-state index contributed by atoms with van der Waals surface area (Å²) >= 11 is 0. The molecule has 0 aromatic carbocycles. The van der Waals surface area contributed by atoms with Crippen LogP contribution in [0.15, 0.2) is 6.33 Å². The van der Waals surface area contributed by atoms with Gasteiger partial charge in [-0.15, -0.1) is 0 Å². The summed E-state index contributed by atoms with van der Waals surface area (Å²) < 4.78 is 36.1. The van der Waals surface area contributed by atoms with Crippen molar-refractivity contribution in [1.29, 1.82) is 0 Å². The molecular formula is C7H6F3N5. The first-order valence-electron chi connectivity index (χ1n) is 3.97. The highest BCUT2D eigenvalue weighted by Gasteiger charge is 2.29. The second-order valence-electron chi connectivity index (χ2n) is 2.93. The lowest BCUT2D eigenvalue weighted by molar-refractivity contribution is -0.128. The van der Waals surface area contributed by atoms with Crippen molar-refractivity contribution in [2.45, 2.75) is 12.6 Å². The van der Waals surface area contributed by atoms with E-state index in [4.69, 9.17) is 5.73 Å². The van der Waals surface area contributed by atoms with Gasteiger partial charge < -0.3 is 10.7 Å². The second kappa shape index (κ2) is 3.07.